The molecule has 0 spiro atoms. The van der Waals surface area contributed by atoms with Gasteiger partial charge in [0.25, 0.3) is 0 Å². The van der Waals surface area contributed by atoms with Crippen LogP contribution in [0.2, 0.25) is 0 Å². The van der Waals surface area contributed by atoms with Crippen LogP contribution in [-0.2, 0) is 14.6 Å². The quantitative estimate of drug-likeness (QED) is 0.834. The number of amides is 1. The van der Waals surface area contributed by atoms with Gasteiger partial charge in [0.05, 0.1) is 17.5 Å². The second kappa shape index (κ2) is 7.91. The molecule has 150 valence electrons. The van der Waals surface area contributed by atoms with Crippen LogP contribution in [0.1, 0.15) is 51.0 Å². The molecular formula is C19H30N4O3S. The molecule has 27 heavy (non-hydrogen) atoms. The van der Waals surface area contributed by atoms with E-state index < -0.39 is 9.84 Å². The zero-order valence-corrected chi connectivity index (χ0v) is 16.6. The van der Waals surface area contributed by atoms with E-state index in [0.717, 1.165) is 58.0 Å². The number of nitrogens with one attached hydrogen (secondary N) is 1. The highest BCUT2D eigenvalue weighted by Gasteiger charge is 2.35. The minimum absolute atomic E-state index is 0.0723. The van der Waals surface area contributed by atoms with Crippen molar-refractivity contribution >= 4 is 15.7 Å². The summed E-state index contributed by atoms with van der Waals surface area (Å²) in [5, 5.41) is 7.60. The van der Waals surface area contributed by atoms with Gasteiger partial charge < -0.3 is 5.32 Å². The minimum Gasteiger partial charge on any atom is -0.353 e. The minimum atomic E-state index is -2.84. The molecule has 1 N–H and O–H groups in total. The van der Waals surface area contributed by atoms with Gasteiger partial charge >= 0.3 is 0 Å². The van der Waals surface area contributed by atoms with Gasteiger partial charge in [0.1, 0.15) is 0 Å². The van der Waals surface area contributed by atoms with Gasteiger partial charge in [-0.15, -0.1) is 0 Å². The van der Waals surface area contributed by atoms with Gasteiger partial charge in [0, 0.05) is 30.4 Å². The molecule has 1 atom stereocenters. The average molecular weight is 395 g/mol. The van der Waals surface area contributed by atoms with Crippen molar-refractivity contribution in [1.29, 1.82) is 0 Å². The number of carbonyl (C=O) groups is 1. The van der Waals surface area contributed by atoms with Crippen LogP contribution in [0.5, 0.6) is 0 Å². The molecule has 1 aromatic heterocycles. The lowest BCUT2D eigenvalue weighted by atomic mass is 9.89. The Hall–Kier alpha value is -1.41. The first kappa shape index (κ1) is 18.9. The Kier molecular flexibility index (Phi) is 5.55. The monoisotopic (exact) mass is 394 g/mol. The summed E-state index contributed by atoms with van der Waals surface area (Å²) in [7, 11) is -2.84. The fourth-order valence-electron chi connectivity index (χ4n) is 4.89. The zero-order valence-electron chi connectivity index (χ0n) is 15.8. The van der Waals surface area contributed by atoms with Gasteiger partial charge in [0.2, 0.25) is 5.91 Å². The molecule has 0 aromatic carbocycles. The molecule has 2 aliphatic heterocycles. The molecule has 1 unspecified atom stereocenters. The Morgan fingerprint density at radius 2 is 1.74 bits per heavy atom. The van der Waals surface area contributed by atoms with Crippen molar-refractivity contribution in [2.75, 3.05) is 24.6 Å². The summed E-state index contributed by atoms with van der Waals surface area (Å²) in [5.74, 6) is 0.877. The lowest BCUT2D eigenvalue weighted by molar-refractivity contribution is -0.127. The Bertz CT molecular complexity index is 733. The molecule has 8 heteroatoms. The average Bonchev–Trinajstić information content (AvgIpc) is 3.32. The van der Waals surface area contributed by atoms with Crippen molar-refractivity contribution in [3.05, 3.63) is 18.5 Å². The van der Waals surface area contributed by atoms with Crippen LogP contribution in [0, 0.1) is 5.92 Å². The molecule has 2 saturated heterocycles. The molecule has 3 heterocycles. The Morgan fingerprint density at radius 1 is 1.00 bits per heavy atom. The molecule has 1 aliphatic carbocycles. The second-order valence-corrected chi connectivity index (χ2v) is 10.6. The molecule has 7 nitrogen and oxygen atoms in total. The van der Waals surface area contributed by atoms with Crippen molar-refractivity contribution in [3.8, 4) is 0 Å². The van der Waals surface area contributed by atoms with Crippen LogP contribution in [0.4, 0.5) is 0 Å². The lowest BCUT2D eigenvalue weighted by Crippen LogP contribution is -2.47. The van der Waals surface area contributed by atoms with Gasteiger partial charge in [-0.1, -0.05) is 0 Å². The van der Waals surface area contributed by atoms with E-state index in [1.807, 2.05) is 23.1 Å². The summed E-state index contributed by atoms with van der Waals surface area (Å²) in [4.78, 5) is 14.9. The van der Waals surface area contributed by atoms with E-state index in [-0.39, 0.29) is 23.9 Å². The van der Waals surface area contributed by atoms with Gasteiger partial charge in [0.15, 0.2) is 9.84 Å². The molecule has 1 saturated carbocycles. The summed E-state index contributed by atoms with van der Waals surface area (Å²) >= 11 is 0. The summed E-state index contributed by atoms with van der Waals surface area (Å²) in [6.45, 7) is 1.68. The maximum atomic E-state index is 12.7. The van der Waals surface area contributed by atoms with Crippen molar-refractivity contribution < 1.29 is 13.2 Å². The number of likely N-dealkylation sites (tertiary alicyclic amines) is 1. The summed E-state index contributed by atoms with van der Waals surface area (Å²) in [6, 6.07) is 2.86. The molecule has 1 aromatic rings. The van der Waals surface area contributed by atoms with Crippen molar-refractivity contribution in [1.82, 2.24) is 20.0 Å². The number of piperidine rings is 1. The number of carbonyl (C=O) groups excluding carboxylic acids is 1. The topological polar surface area (TPSA) is 84.3 Å². The summed E-state index contributed by atoms with van der Waals surface area (Å²) < 4.78 is 25.4. The highest BCUT2D eigenvalue weighted by molar-refractivity contribution is 7.91. The number of hydrogen-bond donors (Lipinski definition) is 1. The number of aromatic nitrogens is 2. The first-order valence-corrected chi connectivity index (χ1v) is 12.1. The zero-order chi connectivity index (χ0) is 18.9. The van der Waals surface area contributed by atoms with E-state index in [9.17, 15) is 13.2 Å². The summed E-state index contributed by atoms with van der Waals surface area (Å²) in [5.41, 5.74) is 0. The van der Waals surface area contributed by atoms with Crippen LogP contribution in [-0.4, -0.2) is 65.7 Å². The lowest BCUT2D eigenvalue weighted by Gasteiger charge is -2.36. The van der Waals surface area contributed by atoms with Crippen LogP contribution < -0.4 is 5.32 Å². The Morgan fingerprint density at radius 3 is 2.33 bits per heavy atom. The van der Waals surface area contributed by atoms with E-state index in [0.29, 0.717) is 17.5 Å². The Balaban J connectivity index is 1.20. The first-order chi connectivity index (χ1) is 13.0. The first-order valence-electron chi connectivity index (χ1n) is 10.2. The molecular weight excluding hydrogens is 364 g/mol. The number of nitrogens with zero attached hydrogens (tertiary/aromatic N) is 3. The van der Waals surface area contributed by atoms with E-state index in [2.05, 4.69) is 15.3 Å². The number of sulfone groups is 1. The van der Waals surface area contributed by atoms with Gasteiger partial charge in [-0.05, 0) is 64.1 Å². The fourth-order valence-corrected chi connectivity index (χ4v) is 6.65. The molecule has 0 radical (unpaired) electrons. The molecule has 4 rings (SSSR count). The SMILES string of the molecule is O=C(NC1CCC(n2cccn2)CC1)C1CCN(C2CCS(=O)(=O)C2)CC1. The largest absolute Gasteiger partial charge is 0.353 e. The third kappa shape index (κ3) is 4.54. The van der Waals surface area contributed by atoms with Gasteiger partial charge in [-0.25, -0.2) is 8.42 Å². The molecule has 0 bridgehead atoms. The smallest absolute Gasteiger partial charge is 0.223 e. The molecule has 3 fully saturated rings. The third-order valence-corrected chi connectivity index (χ3v) is 8.32. The Labute approximate surface area is 161 Å². The second-order valence-electron chi connectivity index (χ2n) is 8.37. The van der Waals surface area contributed by atoms with E-state index in [1.54, 1.807) is 0 Å². The predicted octanol–water partition coefficient (Wildman–Crippen LogP) is 1.38. The predicted molar refractivity (Wildman–Crippen MR) is 103 cm³/mol. The molecule has 3 aliphatic rings. The van der Waals surface area contributed by atoms with Crippen LogP contribution in [0.3, 0.4) is 0 Å². The summed E-state index contributed by atoms with van der Waals surface area (Å²) in [6.07, 6.45) is 10.4. The van der Waals surface area contributed by atoms with Crippen molar-refractivity contribution in [2.45, 2.75) is 63.1 Å². The molecule has 1 amide bonds. The van der Waals surface area contributed by atoms with Gasteiger partial charge in [-0.3, -0.25) is 14.4 Å². The van der Waals surface area contributed by atoms with Crippen molar-refractivity contribution in [2.24, 2.45) is 5.92 Å². The van der Waals surface area contributed by atoms with Crippen LogP contribution in [0.25, 0.3) is 0 Å². The van der Waals surface area contributed by atoms with E-state index in [4.69, 9.17) is 0 Å². The highest BCUT2D eigenvalue weighted by Crippen LogP contribution is 2.29. The number of hydrogen-bond acceptors (Lipinski definition) is 5. The number of rotatable bonds is 4. The van der Waals surface area contributed by atoms with Crippen LogP contribution >= 0.6 is 0 Å². The van der Waals surface area contributed by atoms with Gasteiger partial charge in [-0.2, -0.15) is 5.10 Å². The van der Waals surface area contributed by atoms with E-state index in [1.165, 1.54) is 0 Å². The highest BCUT2D eigenvalue weighted by atomic mass is 32.2. The fraction of sp³-hybridized carbons (Fsp3) is 0.789. The standard InChI is InChI=1S/C19H30N4O3S/c24-19(21-16-2-4-17(5-3-16)23-10-1-9-20-23)15-6-11-22(12-7-15)18-8-13-27(25,26)14-18/h1,9-10,15-18H,2-8,11-14H2,(H,21,24). The maximum Gasteiger partial charge on any atom is 0.223 e. The third-order valence-electron chi connectivity index (χ3n) is 6.57. The maximum absolute atomic E-state index is 12.7. The van der Waals surface area contributed by atoms with E-state index >= 15 is 0 Å². The van der Waals surface area contributed by atoms with Crippen molar-refractivity contribution in [3.63, 3.8) is 0 Å². The van der Waals surface area contributed by atoms with Crippen LogP contribution in [0.15, 0.2) is 18.5 Å². The normalized spacial score (nSPS) is 32.4.